The first-order valence-electron chi connectivity index (χ1n) is 7.43. The smallest absolute Gasteiger partial charge is 0.434 e. The second kappa shape index (κ2) is 7.05. The van der Waals surface area contributed by atoms with Crippen LogP contribution in [0.1, 0.15) is 46.0 Å². The van der Waals surface area contributed by atoms with Crippen molar-refractivity contribution < 1.29 is 40.7 Å². The van der Waals surface area contributed by atoms with Gasteiger partial charge in [0.25, 0.3) is 0 Å². The van der Waals surface area contributed by atoms with Crippen molar-refractivity contribution in [3.05, 3.63) is 46.8 Å². The quantitative estimate of drug-likeness (QED) is 0.441. The largest absolute Gasteiger partial charge is 0.461 e. The van der Waals surface area contributed by atoms with Crippen LogP contribution in [0.4, 0.5) is 26.3 Å². The highest BCUT2D eigenvalue weighted by molar-refractivity contribution is 6.05. The average molecular weight is 394 g/mol. The number of ether oxygens (including phenoxy) is 1. The Hall–Kier alpha value is -2.85. The lowest BCUT2D eigenvalue weighted by molar-refractivity contribution is -0.143. The van der Waals surface area contributed by atoms with Gasteiger partial charge in [0.2, 0.25) is 0 Å². The molecule has 1 heterocycles. The van der Waals surface area contributed by atoms with Gasteiger partial charge in [0.1, 0.15) is 0 Å². The Morgan fingerprint density at radius 2 is 1.59 bits per heavy atom. The van der Waals surface area contributed by atoms with Crippen LogP contribution in [0, 0.1) is 0 Å². The lowest BCUT2D eigenvalue weighted by Gasteiger charge is -2.13. The normalized spacial score (nSPS) is 12.1. The van der Waals surface area contributed by atoms with Crippen molar-refractivity contribution in [3.63, 3.8) is 0 Å². The summed E-state index contributed by atoms with van der Waals surface area (Å²) >= 11 is 0. The molecule has 5 nitrogen and oxygen atoms in total. The maximum absolute atomic E-state index is 13.5. The summed E-state index contributed by atoms with van der Waals surface area (Å²) in [6.45, 7) is 2.04. The number of Topliss-reactive ketones (excluding diaryl/α,β-unsaturated/α-hetero) is 1. The van der Waals surface area contributed by atoms with Crippen LogP contribution in [0.3, 0.4) is 0 Å². The van der Waals surface area contributed by atoms with Crippen LogP contribution in [0.2, 0.25) is 0 Å². The number of halogens is 6. The van der Waals surface area contributed by atoms with Crippen molar-refractivity contribution in [1.29, 1.82) is 0 Å². The summed E-state index contributed by atoms with van der Waals surface area (Å²) in [6, 6.07) is 2.64. The highest BCUT2D eigenvalue weighted by Crippen LogP contribution is 2.36. The Labute approximate surface area is 148 Å². The van der Waals surface area contributed by atoms with Gasteiger partial charge in [-0.05, 0) is 38.1 Å². The molecule has 0 spiro atoms. The van der Waals surface area contributed by atoms with E-state index >= 15 is 0 Å². The van der Waals surface area contributed by atoms with E-state index < -0.39 is 52.3 Å². The molecular formula is C16H12F6N2O3. The molecular weight excluding hydrogens is 382 g/mol. The zero-order valence-corrected chi connectivity index (χ0v) is 13.9. The molecule has 0 aliphatic carbocycles. The van der Waals surface area contributed by atoms with Crippen LogP contribution in [-0.2, 0) is 17.1 Å². The molecule has 0 fully saturated rings. The first-order valence-corrected chi connectivity index (χ1v) is 7.43. The highest BCUT2D eigenvalue weighted by atomic mass is 19.4. The van der Waals surface area contributed by atoms with E-state index in [1.165, 1.54) is 6.92 Å². The SMILES string of the molecule is CCOC(=O)c1nn(-c2ccc(C(F)(F)F)cc2)c(C(F)(F)F)c1C(C)=O. The average Bonchev–Trinajstić information content (AvgIpc) is 2.95. The molecule has 2 rings (SSSR count). The van der Waals surface area contributed by atoms with Crippen LogP contribution >= 0.6 is 0 Å². The summed E-state index contributed by atoms with van der Waals surface area (Å²) in [4.78, 5) is 23.7. The second-order valence-electron chi connectivity index (χ2n) is 5.30. The number of carbonyl (C=O) groups is 2. The Kier molecular flexibility index (Phi) is 5.34. The van der Waals surface area contributed by atoms with Gasteiger partial charge < -0.3 is 4.74 Å². The molecule has 11 heteroatoms. The zero-order valence-electron chi connectivity index (χ0n) is 13.9. The van der Waals surface area contributed by atoms with E-state index in [0.717, 1.165) is 19.1 Å². The van der Waals surface area contributed by atoms with Gasteiger partial charge in [-0.3, -0.25) is 4.79 Å². The Morgan fingerprint density at radius 3 is 2.00 bits per heavy atom. The van der Waals surface area contributed by atoms with Gasteiger partial charge in [-0.15, -0.1) is 0 Å². The van der Waals surface area contributed by atoms with Crippen molar-refractivity contribution in [2.75, 3.05) is 6.61 Å². The molecule has 0 saturated heterocycles. The summed E-state index contributed by atoms with van der Waals surface area (Å²) in [7, 11) is 0. The fourth-order valence-electron chi connectivity index (χ4n) is 2.33. The number of esters is 1. The van der Waals surface area contributed by atoms with Gasteiger partial charge in [0.05, 0.1) is 23.4 Å². The predicted octanol–water partition coefficient (Wildman–Crippen LogP) is 4.29. The number of ketones is 1. The molecule has 146 valence electrons. The molecule has 27 heavy (non-hydrogen) atoms. The molecule has 0 amide bonds. The van der Waals surface area contributed by atoms with E-state index in [4.69, 9.17) is 0 Å². The van der Waals surface area contributed by atoms with E-state index in [9.17, 15) is 35.9 Å². The lowest BCUT2D eigenvalue weighted by atomic mass is 10.1. The topological polar surface area (TPSA) is 61.2 Å². The molecule has 0 aliphatic heterocycles. The minimum absolute atomic E-state index is 0.176. The number of hydrogen-bond donors (Lipinski definition) is 0. The van der Waals surface area contributed by atoms with Crippen molar-refractivity contribution in [2.24, 2.45) is 0 Å². The van der Waals surface area contributed by atoms with Crippen LogP contribution in [0.15, 0.2) is 24.3 Å². The number of nitrogens with zero attached hydrogens (tertiary/aromatic N) is 2. The van der Waals surface area contributed by atoms with E-state index in [1.807, 2.05) is 0 Å². The van der Waals surface area contributed by atoms with E-state index in [0.29, 0.717) is 12.1 Å². The predicted molar refractivity (Wildman–Crippen MR) is 79.5 cm³/mol. The van der Waals surface area contributed by atoms with Gasteiger partial charge in [-0.25, -0.2) is 9.48 Å². The molecule has 0 unspecified atom stereocenters. The second-order valence-corrected chi connectivity index (χ2v) is 5.30. The number of alkyl halides is 6. The van der Waals surface area contributed by atoms with Crippen LogP contribution in [-0.4, -0.2) is 28.1 Å². The van der Waals surface area contributed by atoms with E-state index in [1.54, 1.807) is 0 Å². The summed E-state index contributed by atoms with van der Waals surface area (Å²) in [5.41, 5.74) is -4.94. The summed E-state index contributed by atoms with van der Waals surface area (Å²) < 4.78 is 83.4. The van der Waals surface area contributed by atoms with Gasteiger partial charge in [0, 0.05) is 0 Å². The minimum Gasteiger partial charge on any atom is -0.461 e. The minimum atomic E-state index is -5.11. The van der Waals surface area contributed by atoms with E-state index in [2.05, 4.69) is 9.84 Å². The molecule has 1 aromatic carbocycles. The summed E-state index contributed by atoms with van der Waals surface area (Å²) in [5, 5.41) is 3.50. The molecule has 0 N–H and O–H groups in total. The third kappa shape index (κ3) is 4.12. The molecule has 0 saturated carbocycles. The molecule has 1 aromatic heterocycles. The molecule has 2 aromatic rings. The first-order chi connectivity index (χ1) is 12.4. The van der Waals surface area contributed by atoms with Gasteiger partial charge in [0.15, 0.2) is 17.2 Å². The molecule has 0 radical (unpaired) electrons. The summed E-state index contributed by atoms with van der Waals surface area (Å²) in [6.07, 6.45) is -9.79. The molecule has 0 bridgehead atoms. The van der Waals surface area contributed by atoms with Crippen molar-refractivity contribution in [1.82, 2.24) is 9.78 Å². The Morgan fingerprint density at radius 1 is 1.04 bits per heavy atom. The number of aromatic nitrogens is 2. The number of hydrogen-bond acceptors (Lipinski definition) is 4. The van der Waals surface area contributed by atoms with Crippen LogP contribution in [0.25, 0.3) is 5.69 Å². The molecule has 0 aliphatic rings. The van der Waals surface area contributed by atoms with Crippen molar-refractivity contribution in [2.45, 2.75) is 26.2 Å². The monoisotopic (exact) mass is 394 g/mol. The Bertz CT molecular complexity index is 866. The maximum Gasteiger partial charge on any atom is 0.434 e. The fourth-order valence-corrected chi connectivity index (χ4v) is 2.33. The van der Waals surface area contributed by atoms with E-state index in [-0.39, 0.29) is 11.3 Å². The number of carbonyl (C=O) groups excluding carboxylic acids is 2. The van der Waals surface area contributed by atoms with Crippen molar-refractivity contribution >= 4 is 11.8 Å². The van der Waals surface area contributed by atoms with Gasteiger partial charge >= 0.3 is 18.3 Å². The lowest BCUT2D eigenvalue weighted by Crippen LogP contribution is -2.17. The number of benzene rings is 1. The van der Waals surface area contributed by atoms with Crippen molar-refractivity contribution in [3.8, 4) is 5.69 Å². The Balaban J connectivity index is 2.74. The first kappa shape index (κ1) is 20.5. The molecule has 0 atom stereocenters. The van der Waals surface area contributed by atoms with Crippen LogP contribution < -0.4 is 0 Å². The maximum atomic E-state index is 13.5. The highest BCUT2D eigenvalue weighted by Gasteiger charge is 2.43. The van der Waals surface area contributed by atoms with Gasteiger partial charge in [-0.2, -0.15) is 31.4 Å². The van der Waals surface area contributed by atoms with Crippen LogP contribution in [0.5, 0.6) is 0 Å². The standard InChI is InChI=1S/C16H12F6N2O3/c1-3-27-14(26)12-11(8(2)25)13(16(20,21)22)24(23-12)10-6-4-9(5-7-10)15(17,18)19/h4-7H,3H2,1-2H3. The summed E-state index contributed by atoms with van der Waals surface area (Å²) in [5.74, 6) is -2.34. The third-order valence-electron chi connectivity index (χ3n) is 3.41. The van der Waals surface area contributed by atoms with Gasteiger partial charge in [-0.1, -0.05) is 0 Å². The number of rotatable bonds is 4. The fraction of sp³-hybridized carbons (Fsp3) is 0.312. The third-order valence-corrected chi connectivity index (χ3v) is 3.41. The zero-order chi connectivity index (χ0) is 20.6.